The highest BCUT2D eigenvalue weighted by Crippen LogP contribution is 2.22. The van der Waals surface area contributed by atoms with Crippen LogP contribution in [0.4, 0.5) is 19.3 Å². The first-order valence-corrected chi connectivity index (χ1v) is 9.86. The van der Waals surface area contributed by atoms with Crippen molar-refractivity contribution in [2.45, 2.75) is 25.7 Å². The molecule has 0 atom stereocenters. The molecule has 3 rings (SSSR count). The van der Waals surface area contributed by atoms with Gasteiger partial charge >= 0.3 is 6.03 Å². The lowest BCUT2D eigenvalue weighted by molar-refractivity contribution is 0.182. The first-order valence-electron chi connectivity index (χ1n) is 9.86. The average Bonchev–Trinajstić information content (AvgIpc) is 2.70. The zero-order valence-electron chi connectivity index (χ0n) is 16.0. The lowest BCUT2D eigenvalue weighted by Gasteiger charge is -2.32. The molecule has 2 N–H and O–H groups in total. The Kier molecular flexibility index (Phi) is 7.37. The molecule has 0 spiro atoms. The van der Waals surface area contributed by atoms with Gasteiger partial charge in [-0.25, -0.2) is 13.6 Å². The summed E-state index contributed by atoms with van der Waals surface area (Å²) in [6.45, 7) is 3.68. The van der Waals surface area contributed by atoms with Crippen LogP contribution in [0.5, 0.6) is 0 Å². The Morgan fingerprint density at radius 2 is 1.57 bits per heavy atom. The Hall–Kier alpha value is -2.47. The summed E-state index contributed by atoms with van der Waals surface area (Å²) in [4.78, 5) is 14.3. The first kappa shape index (κ1) is 20.3. The summed E-state index contributed by atoms with van der Waals surface area (Å²) in [6.07, 6.45) is 4.20. The summed E-state index contributed by atoms with van der Waals surface area (Å²) in [5, 5.41) is 5.52. The number of likely N-dealkylation sites (tertiary alicyclic amines) is 1. The van der Waals surface area contributed by atoms with Crippen LogP contribution in [0.15, 0.2) is 48.5 Å². The highest BCUT2D eigenvalue weighted by Gasteiger charge is 2.19. The number of halogens is 2. The number of hydrogen-bond acceptors (Lipinski definition) is 2. The number of piperidine rings is 1. The Labute approximate surface area is 164 Å². The minimum atomic E-state index is -0.326. The van der Waals surface area contributed by atoms with Gasteiger partial charge in [0, 0.05) is 12.2 Å². The molecule has 1 heterocycles. The molecule has 1 aliphatic heterocycles. The number of hydrogen-bond donors (Lipinski definition) is 2. The maximum absolute atomic E-state index is 13.0. The van der Waals surface area contributed by atoms with Crippen LogP contribution in [0.3, 0.4) is 0 Å². The Morgan fingerprint density at radius 3 is 2.21 bits per heavy atom. The SMILES string of the molecule is O=C(NCCCN1CCC(Cc2ccc(F)cc2)CC1)Nc1ccc(F)cc1. The molecule has 1 aliphatic rings. The monoisotopic (exact) mass is 387 g/mol. The van der Waals surface area contributed by atoms with Gasteiger partial charge in [-0.2, -0.15) is 0 Å². The van der Waals surface area contributed by atoms with E-state index in [2.05, 4.69) is 15.5 Å². The molecule has 28 heavy (non-hydrogen) atoms. The molecular formula is C22H27F2N3O. The average molecular weight is 387 g/mol. The minimum Gasteiger partial charge on any atom is -0.338 e. The van der Waals surface area contributed by atoms with Gasteiger partial charge in [0.1, 0.15) is 11.6 Å². The van der Waals surface area contributed by atoms with E-state index in [1.54, 1.807) is 0 Å². The van der Waals surface area contributed by atoms with Gasteiger partial charge in [-0.3, -0.25) is 0 Å². The number of benzene rings is 2. The molecule has 0 unspecified atom stereocenters. The van der Waals surface area contributed by atoms with Crippen molar-refractivity contribution >= 4 is 11.7 Å². The molecule has 2 aromatic rings. The third-order valence-corrected chi connectivity index (χ3v) is 5.18. The first-order chi connectivity index (χ1) is 13.6. The van der Waals surface area contributed by atoms with Gasteiger partial charge in [0.05, 0.1) is 0 Å². The van der Waals surface area contributed by atoms with Crippen molar-refractivity contribution in [1.29, 1.82) is 0 Å². The maximum Gasteiger partial charge on any atom is 0.319 e. The van der Waals surface area contributed by atoms with Crippen molar-refractivity contribution in [3.63, 3.8) is 0 Å². The van der Waals surface area contributed by atoms with E-state index in [4.69, 9.17) is 0 Å². The molecule has 0 aromatic heterocycles. The number of carbonyl (C=O) groups is 1. The zero-order valence-corrected chi connectivity index (χ0v) is 16.0. The van der Waals surface area contributed by atoms with E-state index in [1.807, 2.05) is 12.1 Å². The second-order valence-corrected chi connectivity index (χ2v) is 7.36. The van der Waals surface area contributed by atoms with Crippen molar-refractivity contribution in [3.05, 3.63) is 65.7 Å². The molecule has 2 aromatic carbocycles. The quantitative estimate of drug-likeness (QED) is 0.691. The molecule has 1 saturated heterocycles. The van der Waals surface area contributed by atoms with E-state index < -0.39 is 0 Å². The second kappa shape index (κ2) is 10.2. The third kappa shape index (κ3) is 6.60. The molecule has 0 saturated carbocycles. The summed E-state index contributed by atoms with van der Waals surface area (Å²) < 4.78 is 25.8. The minimum absolute atomic E-state index is 0.182. The predicted molar refractivity (Wildman–Crippen MR) is 107 cm³/mol. The predicted octanol–water partition coefficient (Wildman–Crippen LogP) is 4.43. The molecule has 4 nitrogen and oxygen atoms in total. The summed E-state index contributed by atoms with van der Waals surface area (Å²) in [7, 11) is 0. The summed E-state index contributed by atoms with van der Waals surface area (Å²) in [6, 6.07) is 12.2. The van der Waals surface area contributed by atoms with Crippen LogP contribution in [-0.4, -0.2) is 37.1 Å². The van der Waals surface area contributed by atoms with E-state index in [0.29, 0.717) is 18.2 Å². The highest BCUT2D eigenvalue weighted by atomic mass is 19.1. The van der Waals surface area contributed by atoms with E-state index in [0.717, 1.165) is 45.3 Å². The van der Waals surface area contributed by atoms with Crippen LogP contribution in [-0.2, 0) is 6.42 Å². The zero-order chi connectivity index (χ0) is 19.8. The Balaban J connectivity index is 1.27. The van der Waals surface area contributed by atoms with Gasteiger partial charge < -0.3 is 15.5 Å². The van der Waals surface area contributed by atoms with Crippen molar-refractivity contribution in [2.24, 2.45) is 5.92 Å². The smallest absolute Gasteiger partial charge is 0.319 e. The fourth-order valence-electron chi connectivity index (χ4n) is 3.58. The standard InChI is InChI=1S/C22H27F2N3O/c23-19-4-2-17(3-5-19)16-18-10-14-27(15-11-18)13-1-12-25-22(28)26-21-8-6-20(24)7-9-21/h2-9,18H,1,10-16H2,(H2,25,26,28). The lowest BCUT2D eigenvalue weighted by Crippen LogP contribution is -2.37. The summed E-state index contributed by atoms with van der Waals surface area (Å²) in [5.41, 5.74) is 1.78. The molecule has 2 amide bonds. The van der Waals surface area contributed by atoms with Crippen LogP contribution < -0.4 is 10.6 Å². The van der Waals surface area contributed by atoms with E-state index in [-0.39, 0.29) is 17.7 Å². The van der Waals surface area contributed by atoms with Crippen molar-refractivity contribution in [3.8, 4) is 0 Å². The summed E-state index contributed by atoms with van der Waals surface area (Å²) in [5.74, 6) is 0.146. The third-order valence-electron chi connectivity index (χ3n) is 5.18. The largest absolute Gasteiger partial charge is 0.338 e. The molecule has 1 fully saturated rings. The van der Waals surface area contributed by atoms with E-state index in [1.165, 1.54) is 42.0 Å². The number of nitrogens with zero attached hydrogens (tertiary/aromatic N) is 1. The molecule has 0 radical (unpaired) electrons. The number of rotatable bonds is 7. The number of amides is 2. The highest BCUT2D eigenvalue weighted by molar-refractivity contribution is 5.89. The van der Waals surface area contributed by atoms with E-state index in [9.17, 15) is 13.6 Å². The van der Waals surface area contributed by atoms with Gasteiger partial charge in [-0.1, -0.05) is 12.1 Å². The van der Waals surface area contributed by atoms with Crippen LogP contribution in [0, 0.1) is 17.6 Å². The van der Waals surface area contributed by atoms with Crippen molar-refractivity contribution < 1.29 is 13.6 Å². The van der Waals surface area contributed by atoms with Crippen molar-refractivity contribution in [2.75, 3.05) is 31.5 Å². The fourth-order valence-corrected chi connectivity index (χ4v) is 3.58. The molecule has 150 valence electrons. The van der Waals surface area contributed by atoms with Gasteiger partial charge in [-0.05, 0) is 93.2 Å². The van der Waals surface area contributed by atoms with E-state index >= 15 is 0 Å². The lowest BCUT2D eigenvalue weighted by atomic mass is 9.90. The fraction of sp³-hybridized carbons (Fsp3) is 0.409. The van der Waals surface area contributed by atoms with Crippen LogP contribution in [0.1, 0.15) is 24.8 Å². The number of anilines is 1. The van der Waals surface area contributed by atoms with Crippen LogP contribution in [0.2, 0.25) is 0 Å². The van der Waals surface area contributed by atoms with Gasteiger partial charge in [0.25, 0.3) is 0 Å². The Morgan fingerprint density at radius 1 is 0.964 bits per heavy atom. The molecule has 6 heteroatoms. The topological polar surface area (TPSA) is 44.4 Å². The summed E-state index contributed by atoms with van der Waals surface area (Å²) >= 11 is 0. The number of carbonyl (C=O) groups excluding carboxylic acids is 1. The number of urea groups is 1. The Bertz CT molecular complexity index is 741. The molecule has 0 aliphatic carbocycles. The van der Waals surface area contributed by atoms with Gasteiger partial charge in [0.15, 0.2) is 0 Å². The van der Waals surface area contributed by atoms with Crippen LogP contribution >= 0.6 is 0 Å². The molecule has 0 bridgehead atoms. The van der Waals surface area contributed by atoms with Gasteiger partial charge in [0.2, 0.25) is 0 Å². The van der Waals surface area contributed by atoms with Gasteiger partial charge in [-0.15, -0.1) is 0 Å². The number of nitrogens with one attached hydrogen (secondary N) is 2. The maximum atomic E-state index is 13.0. The van der Waals surface area contributed by atoms with Crippen LogP contribution in [0.25, 0.3) is 0 Å². The second-order valence-electron chi connectivity index (χ2n) is 7.36. The molecular weight excluding hydrogens is 360 g/mol. The van der Waals surface area contributed by atoms with Crippen molar-refractivity contribution in [1.82, 2.24) is 10.2 Å². The normalized spacial score (nSPS) is 15.4.